The number of benzene rings is 2. The van der Waals surface area contributed by atoms with E-state index in [-0.39, 0.29) is 54.7 Å². The molecule has 344 valence electrons. The summed E-state index contributed by atoms with van der Waals surface area (Å²) in [7, 11) is 0. The molecule has 14 nitrogen and oxygen atoms in total. The van der Waals surface area contributed by atoms with Crippen LogP contribution in [0.5, 0.6) is 5.75 Å². The van der Waals surface area contributed by atoms with Crippen LogP contribution < -0.4 is 16.0 Å². The third kappa shape index (κ3) is 12.4. The van der Waals surface area contributed by atoms with Gasteiger partial charge >= 0.3 is 0 Å². The van der Waals surface area contributed by atoms with Gasteiger partial charge in [-0.3, -0.25) is 19.2 Å². The van der Waals surface area contributed by atoms with Crippen molar-refractivity contribution in [3.05, 3.63) is 71.4 Å². The Morgan fingerprint density at radius 1 is 0.906 bits per heavy atom. The molecular weight excluding hydrogens is 829 g/mol. The number of nitrogens with one attached hydrogen (secondary N) is 1. The number of aryl methyl sites for hydroxylation is 1. The highest BCUT2D eigenvalue weighted by Gasteiger charge is 2.44. The molecule has 0 unspecified atom stereocenters. The number of thiazole rings is 1. The van der Waals surface area contributed by atoms with Gasteiger partial charge in [0.25, 0.3) is 0 Å². The van der Waals surface area contributed by atoms with Crippen LogP contribution in [0.3, 0.4) is 0 Å². The number of Topliss-reactive ketones (excluding diaryl/α,β-unsaturated/α-hetero) is 1. The molecule has 3 amide bonds. The zero-order valence-corrected chi connectivity index (χ0v) is 38.9. The molecular formula is C49H66N8O6S. The minimum absolute atomic E-state index is 0.0390. The largest absolute Gasteiger partial charge is 0.507 e. The number of nitrogens with zero attached hydrogens (tertiary/aromatic N) is 6. The number of nitrogen functional groups attached to an aromatic ring is 1. The molecule has 2 saturated heterocycles. The number of unbranched alkanes of at least 4 members (excludes halogenated alkanes) is 6. The number of aromatic nitrogens is 3. The molecule has 0 radical (unpaired) electrons. The number of phenolic OH excluding ortho intramolecular Hbond substituents is 1. The number of likely N-dealkylation sites (tertiary alicyclic amines) is 1. The van der Waals surface area contributed by atoms with E-state index in [4.69, 9.17) is 5.73 Å². The first-order chi connectivity index (χ1) is 30.6. The Morgan fingerprint density at radius 3 is 2.20 bits per heavy atom. The number of amides is 3. The fourth-order valence-corrected chi connectivity index (χ4v) is 9.61. The van der Waals surface area contributed by atoms with Crippen molar-refractivity contribution in [1.82, 2.24) is 30.3 Å². The Bertz CT molecular complexity index is 2220. The van der Waals surface area contributed by atoms with Gasteiger partial charge in [-0.1, -0.05) is 89.3 Å². The van der Waals surface area contributed by atoms with E-state index < -0.39 is 23.5 Å². The summed E-state index contributed by atoms with van der Waals surface area (Å²) in [6, 6.07) is 15.7. The first-order valence-corrected chi connectivity index (χ1v) is 23.7. The molecule has 2 aliphatic rings. The molecule has 0 saturated carbocycles. The standard InChI is InChI=1S/C49H66N8O6S/c1-32(34-19-21-35(22-20-34)45-33(2)51-31-64-45)52-47(62)42-28-37(59)30-57(42)48(63)39(49(3,4)5)27-36(58)15-11-9-7-6-8-10-12-18-44(61)56-25-23-55(24-26-56)41-29-40(53-54-46(41)50)38-16-13-14-17-43(38)60/h13-14,16-17,19-22,29,31-32,37,39,42,59-60H,6-12,15,18,23-28,30H2,1-5H3,(H2,50,54)(H,52,62)/t32-,37+,39+,42-/m1/s1. The Hall–Kier alpha value is -5.41. The number of ketones is 1. The van der Waals surface area contributed by atoms with Crippen LogP contribution in [0.2, 0.25) is 0 Å². The molecule has 5 N–H and O–H groups in total. The summed E-state index contributed by atoms with van der Waals surface area (Å²) < 4.78 is 0. The van der Waals surface area contributed by atoms with E-state index in [1.807, 2.05) is 81.4 Å². The molecule has 4 heterocycles. The lowest BCUT2D eigenvalue weighted by Crippen LogP contribution is -2.50. The number of aliphatic hydroxyl groups is 1. The molecule has 6 rings (SSSR count). The number of hydrogen-bond acceptors (Lipinski definition) is 12. The number of phenols is 1. The molecule has 64 heavy (non-hydrogen) atoms. The molecule has 15 heteroatoms. The molecule has 4 aromatic rings. The van der Waals surface area contributed by atoms with Gasteiger partial charge in [0, 0.05) is 69.9 Å². The fraction of sp³-hybridized carbons (Fsp3) is 0.531. The fourth-order valence-electron chi connectivity index (χ4n) is 8.80. The van der Waals surface area contributed by atoms with Crippen molar-refractivity contribution in [1.29, 1.82) is 0 Å². The van der Waals surface area contributed by atoms with E-state index in [0.29, 0.717) is 56.1 Å². The highest BCUT2D eigenvalue weighted by Crippen LogP contribution is 2.35. The van der Waals surface area contributed by atoms with Crippen LogP contribution in [0.1, 0.15) is 116 Å². The third-order valence-corrected chi connectivity index (χ3v) is 13.7. The van der Waals surface area contributed by atoms with Crippen LogP contribution in [0.15, 0.2) is 60.1 Å². The molecule has 2 aromatic heterocycles. The number of para-hydroxylation sites is 1. The molecule has 0 bridgehead atoms. The minimum atomic E-state index is -0.819. The Balaban J connectivity index is 0.866. The van der Waals surface area contributed by atoms with E-state index in [1.165, 1.54) is 4.90 Å². The van der Waals surface area contributed by atoms with E-state index in [2.05, 4.69) is 25.4 Å². The maximum atomic E-state index is 14.1. The van der Waals surface area contributed by atoms with Gasteiger partial charge in [-0.05, 0) is 61.4 Å². The van der Waals surface area contributed by atoms with Crippen molar-refractivity contribution in [3.8, 4) is 27.4 Å². The minimum Gasteiger partial charge on any atom is -0.507 e. The monoisotopic (exact) mass is 894 g/mol. The van der Waals surface area contributed by atoms with Crippen LogP contribution in [0, 0.1) is 18.3 Å². The van der Waals surface area contributed by atoms with Crippen molar-refractivity contribution in [2.75, 3.05) is 43.4 Å². The van der Waals surface area contributed by atoms with Gasteiger partial charge in [0.1, 0.15) is 17.6 Å². The predicted octanol–water partition coefficient (Wildman–Crippen LogP) is 7.48. The quantitative estimate of drug-likeness (QED) is 0.0682. The summed E-state index contributed by atoms with van der Waals surface area (Å²) in [5.41, 5.74) is 12.3. The van der Waals surface area contributed by atoms with Crippen LogP contribution in [0.25, 0.3) is 21.7 Å². The zero-order valence-electron chi connectivity index (χ0n) is 38.1. The molecule has 2 aliphatic heterocycles. The average Bonchev–Trinajstić information content (AvgIpc) is 3.89. The summed E-state index contributed by atoms with van der Waals surface area (Å²) in [4.78, 5) is 65.1. The first-order valence-electron chi connectivity index (χ1n) is 22.9. The van der Waals surface area contributed by atoms with Crippen molar-refractivity contribution < 1.29 is 29.4 Å². The number of carbonyl (C=O) groups is 4. The van der Waals surface area contributed by atoms with Crippen molar-refractivity contribution in [3.63, 3.8) is 0 Å². The number of aliphatic hydroxyl groups excluding tert-OH is 1. The molecule has 2 aromatic carbocycles. The maximum Gasteiger partial charge on any atom is 0.243 e. The summed E-state index contributed by atoms with van der Waals surface area (Å²) in [6.07, 6.45) is 6.88. The first kappa shape index (κ1) is 48.1. The maximum absolute atomic E-state index is 14.1. The zero-order chi connectivity index (χ0) is 46.0. The van der Waals surface area contributed by atoms with Gasteiger partial charge in [0.05, 0.1) is 39.6 Å². The number of rotatable bonds is 19. The Kier molecular flexibility index (Phi) is 16.5. The van der Waals surface area contributed by atoms with Gasteiger partial charge in [0.2, 0.25) is 17.7 Å². The van der Waals surface area contributed by atoms with Crippen molar-refractivity contribution in [2.45, 2.75) is 123 Å². The van der Waals surface area contributed by atoms with E-state index >= 15 is 0 Å². The van der Waals surface area contributed by atoms with Gasteiger partial charge in [-0.25, -0.2) is 4.98 Å². The van der Waals surface area contributed by atoms with Gasteiger partial charge in [-0.15, -0.1) is 21.5 Å². The Morgan fingerprint density at radius 2 is 1.56 bits per heavy atom. The molecule has 2 fully saturated rings. The van der Waals surface area contributed by atoms with Crippen LogP contribution in [0.4, 0.5) is 11.5 Å². The van der Waals surface area contributed by atoms with Gasteiger partial charge < -0.3 is 36.0 Å². The summed E-state index contributed by atoms with van der Waals surface area (Å²) in [5, 5.41) is 32.3. The molecule has 4 atom stereocenters. The SMILES string of the molecule is Cc1ncsc1-c1ccc([C@@H](C)NC(=O)[C@H]2C[C@H](O)CN2C(=O)[C@H](CC(=O)CCCCCCCCCC(=O)N2CCN(c3cc(-c4ccccc4O)nnc3N)CC2)C(C)(C)C)cc1. The number of carbonyl (C=O) groups excluding carboxylic acids is 4. The summed E-state index contributed by atoms with van der Waals surface area (Å²) in [5.74, 6) is -0.548. The normalized spacial score (nSPS) is 17.6. The lowest BCUT2D eigenvalue weighted by Gasteiger charge is -2.36. The van der Waals surface area contributed by atoms with E-state index in [0.717, 1.165) is 72.3 Å². The van der Waals surface area contributed by atoms with Crippen LogP contribution in [-0.4, -0.2) is 104 Å². The second kappa shape index (κ2) is 22.0. The highest BCUT2D eigenvalue weighted by molar-refractivity contribution is 7.13. The van der Waals surface area contributed by atoms with Crippen LogP contribution >= 0.6 is 11.3 Å². The van der Waals surface area contributed by atoms with Crippen molar-refractivity contribution >= 4 is 46.3 Å². The summed E-state index contributed by atoms with van der Waals surface area (Å²) in [6.45, 7) is 12.3. The number of β-amino-alcohol motifs (C(OH)–C–C–N with tert-alkyl or cyclic N) is 1. The second-order valence-electron chi connectivity index (χ2n) is 18.5. The number of anilines is 2. The lowest BCUT2D eigenvalue weighted by atomic mass is 9.76. The predicted molar refractivity (Wildman–Crippen MR) is 251 cm³/mol. The highest BCUT2D eigenvalue weighted by atomic mass is 32.1. The number of piperazine rings is 1. The Labute approximate surface area is 381 Å². The topological polar surface area (TPSA) is 195 Å². The third-order valence-electron chi connectivity index (χ3n) is 12.7. The summed E-state index contributed by atoms with van der Waals surface area (Å²) >= 11 is 1.59. The average molecular weight is 895 g/mol. The number of hydrogen-bond donors (Lipinski definition) is 4. The molecule has 0 spiro atoms. The molecule has 0 aliphatic carbocycles. The smallest absolute Gasteiger partial charge is 0.243 e. The number of aromatic hydroxyl groups is 1. The number of nitrogens with two attached hydrogens (primary N) is 1. The van der Waals surface area contributed by atoms with E-state index in [9.17, 15) is 29.4 Å². The van der Waals surface area contributed by atoms with Gasteiger partial charge in [-0.2, -0.15) is 0 Å². The second-order valence-corrected chi connectivity index (χ2v) is 19.4. The van der Waals surface area contributed by atoms with Crippen molar-refractivity contribution in [2.24, 2.45) is 11.3 Å². The lowest BCUT2D eigenvalue weighted by molar-refractivity contribution is -0.146. The van der Waals surface area contributed by atoms with Crippen LogP contribution in [-0.2, 0) is 19.2 Å². The van der Waals surface area contributed by atoms with Gasteiger partial charge in [0.15, 0.2) is 5.82 Å². The van der Waals surface area contributed by atoms with E-state index in [1.54, 1.807) is 29.5 Å².